The number of ketones is 1. The summed E-state index contributed by atoms with van der Waals surface area (Å²) in [7, 11) is 0. The van der Waals surface area contributed by atoms with Gasteiger partial charge in [0.1, 0.15) is 5.82 Å². The molecule has 0 saturated heterocycles. The van der Waals surface area contributed by atoms with Crippen molar-refractivity contribution < 1.29 is 9.18 Å². The fraction of sp³-hybridized carbons (Fsp3) is 0.588. The van der Waals surface area contributed by atoms with E-state index in [2.05, 4.69) is 11.8 Å². The van der Waals surface area contributed by atoms with Crippen LogP contribution in [0.1, 0.15) is 55.8 Å². The van der Waals surface area contributed by atoms with Crippen LogP contribution in [0.4, 0.5) is 4.39 Å². The first-order valence-electron chi connectivity index (χ1n) is 7.74. The summed E-state index contributed by atoms with van der Waals surface area (Å²) in [5.74, 6) is -0.490. The second-order valence-electron chi connectivity index (χ2n) is 5.57. The van der Waals surface area contributed by atoms with Gasteiger partial charge in [-0.1, -0.05) is 38.3 Å². The molecule has 1 aromatic rings. The van der Waals surface area contributed by atoms with Crippen molar-refractivity contribution in [3.8, 4) is 0 Å². The summed E-state index contributed by atoms with van der Waals surface area (Å²) in [5.41, 5.74) is 0.229. The van der Waals surface area contributed by atoms with Crippen molar-refractivity contribution in [2.45, 2.75) is 51.5 Å². The van der Waals surface area contributed by atoms with Gasteiger partial charge >= 0.3 is 0 Å². The van der Waals surface area contributed by atoms with Crippen molar-refractivity contribution in [2.75, 3.05) is 13.1 Å². The number of Topliss-reactive ketones (excluding diaryl/α,β-unsaturated/α-hetero) is 1. The summed E-state index contributed by atoms with van der Waals surface area (Å²) in [6, 6.07) is 6.88. The molecule has 1 aliphatic carbocycles. The van der Waals surface area contributed by atoms with Gasteiger partial charge in [0.05, 0.1) is 5.56 Å². The number of benzene rings is 1. The number of hydrogen-bond donors (Lipinski definition) is 0. The van der Waals surface area contributed by atoms with Crippen molar-refractivity contribution in [1.82, 2.24) is 4.90 Å². The lowest BCUT2D eigenvalue weighted by Crippen LogP contribution is -2.38. The van der Waals surface area contributed by atoms with Gasteiger partial charge in [-0.15, -0.1) is 0 Å². The molecule has 2 nitrogen and oxygen atoms in total. The fourth-order valence-corrected chi connectivity index (χ4v) is 3.11. The molecule has 110 valence electrons. The van der Waals surface area contributed by atoms with E-state index in [1.54, 1.807) is 18.2 Å². The number of nitrogens with zero attached hydrogens (tertiary/aromatic N) is 1. The molecule has 2 rings (SSSR count). The van der Waals surface area contributed by atoms with E-state index in [0.717, 1.165) is 13.1 Å². The molecule has 0 N–H and O–H groups in total. The Kier molecular flexibility index (Phi) is 5.72. The molecular weight excluding hydrogens is 253 g/mol. The Hall–Kier alpha value is -1.22. The Morgan fingerprint density at radius 2 is 1.95 bits per heavy atom. The predicted molar refractivity (Wildman–Crippen MR) is 79.5 cm³/mol. The number of carbonyl (C=O) groups is 1. The molecule has 0 aromatic heterocycles. The van der Waals surface area contributed by atoms with E-state index in [-0.39, 0.29) is 11.3 Å². The van der Waals surface area contributed by atoms with Crippen LogP contribution in [0.25, 0.3) is 0 Å². The lowest BCUT2D eigenvalue weighted by atomic mass is 9.94. The largest absolute Gasteiger partial charge is 0.300 e. The first-order chi connectivity index (χ1) is 9.72. The van der Waals surface area contributed by atoms with Crippen LogP contribution in [0.2, 0.25) is 0 Å². The SMILES string of the molecule is CCN(CCC(=O)c1ccccc1F)C1CCCCC1. The van der Waals surface area contributed by atoms with Crippen molar-refractivity contribution >= 4 is 5.78 Å². The molecule has 0 spiro atoms. The summed E-state index contributed by atoms with van der Waals surface area (Å²) in [4.78, 5) is 14.5. The summed E-state index contributed by atoms with van der Waals surface area (Å²) in [6.07, 6.45) is 6.81. The summed E-state index contributed by atoms with van der Waals surface area (Å²) >= 11 is 0. The lowest BCUT2D eigenvalue weighted by Gasteiger charge is -2.33. The molecule has 1 aromatic carbocycles. The fourth-order valence-electron chi connectivity index (χ4n) is 3.11. The van der Waals surface area contributed by atoms with Crippen molar-refractivity contribution in [3.05, 3.63) is 35.6 Å². The monoisotopic (exact) mass is 277 g/mol. The van der Waals surface area contributed by atoms with E-state index in [0.29, 0.717) is 12.5 Å². The summed E-state index contributed by atoms with van der Waals surface area (Å²) in [5, 5.41) is 0. The molecule has 1 aliphatic rings. The van der Waals surface area contributed by atoms with Crippen molar-refractivity contribution in [2.24, 2.45) is 0 Å². The molecule has 0 heterocycles. The van der Waals surface area contributed by atoms with Gasteiger partial charge in [-0.25, -0.2) is 4.39 Å². The van der Waals surface area contributed by atoms with Crippen LogP contribution >= 0.6 is 0 Å². The van der Waals surface area contributed by atoms with E-state index in [9.17, 15) is 9.18 Å². The normalized spacial score (nSPS) is 16.6. The van der Waals surface area contributed by atoms with Crippen LogP contribution < -0.4 is 0 Å². The van der Waals surface area contributed by atoms with Crippen molar-refractivity contribution in [1.29, 1.82) is 0 Å². The van der Waals surface area contributed by atoms with Crippen LogP contribution in [0.5, 0.6) is 0 Å². The van der Waals surface area contributed by atoms with Gasteiger partial charge in [-0.2, -0.15) is 0 Å². The molecule has 0 atom stereocenters. The van der Waals surface area contributed by atoms with Gasteiger partial charge in [0.25, 0.3) is 0 Å². The third-order valence-corrected chi connectivity index (χ3v) is 4.30. The zero-order chi connectivity index (χ0) is 14.4. The molecular formula is C17H24FNO. The van der Waals surface area contributed by atoms with E-state index in [1.165, 1.54) is 38.2 Å². The number of halogens is 1. The average molecular weight is 277 g/mol. The molecule has 0 bridgehead atoms. The molecule has 3 heteroatoms. The molecule has 0 aliphatic heterocycles. The number of carbonyl (C=O) groups excluding carboxylic acids is 1. The Bertz CT molecular complexity index is 440. The highest BCUT2D eigenvalue weighted by Crippen LogP contribution is 2.22. The van der Waals surface area contributed by atoms with E-state index in [4.69, 9.17) is 0 Å². The van der Waals surface area contributed by atoms with Gasteiger partial charge in [-0.3, -0.25) is 4.79 Å². The van der Waals surface area contributed by atoms with E-state index < -0.39 is 5.82 Å². The standard InChI is InChI=1S/C17H24FNO/c1-2-19(14-8-4-3-5-9-14)13-12-17(20)15-10-6-7-11-16(15)18/h6-7,10-11,14H,2-5,8-9,12-13H2,1H3. The average Bonchev–Trinajstić information content (AvgIpc) is 2.49. The molecule has 20 heavy (non-hydrogen) atoms. The molecule has 0 unspecified atom stereocenters. The lowest BCUT2D eigenvalue weighted by molar-refractivity contribution is 0.0935. The Labute approximate surface area is 121 Å². The van der Waals surface area contributed by atoms with Gasteiger partial charge in [0.15, 0.2) is 5.78 Å². The molecule has 1 saturated carbocycles. The molecule has 0 amide bonds. The Balaban J connectivity index is 1.89. The summed E-state index contributed by atoms with van der Waals surface area (Å²) < 4.78 is 13.6. The second-order valence-corrected chi connectivity index (χ2v) is 5.57. The first-order valence-corrected chi connectivity index (χ1v) is 7.74. The van der Waals surface area contributed by atoms with Gasteiger partial charge in [0.2, 0.25) is 0 Å². The minimum absolute atomic E-state index is 0.0858. The van der Waals surface area contributed by atoms with E-state index in [1.807, 2.05) is 0 Å². The maximum absolute atomic E-state index is 13.6. The zero-order valence-electron chi connectivity index (χ0n) is 12.3. The van der Waals surface area contributed by atoms with Gasteiger partial charge in [0, 0.05) is 19.0 Å². The Morgan fingerprint density at radius 3 is 2.60 bits per heavy atom. The number of hydrogen-bond acceptors (Lipinski definition) is 2. The Morgan fingerprint density at radius 1 is 1.25 bits per heavy atom. The quantitative estimate of drug-likeness (QED) is 0.731. The second kappa shape index (κ2) is 7.53. The van der Waals surface area contributed by atoms with Crippen LogP contribution in [0, 0.1) is 5.82 Å². The highest BCUT2D eigenvalue weighted by molar-refractivity contribution is 5.96. The minimum atomic E-state index is -0.404. The highest BCUT2D eigenvalue weighted by atomic mass is 19.1. The minimum Gasteiger partial charge on any atom is -0.300 e. The molecule has 1 fully saturated rings. The third kappa shape index (κ3) is 3.89. The van der Waals surface area contributed by atoms with Gasteiger partial charge in [-0.05, 0) is 31.5 Å². The summed E-state index contributed by atoms with van der Waals surface area (Å²) in [6.45, 7) is 3.85. The van der Waals surface area contributed by atoms with Crippen LogP contribution in [0.15, 0.2) is 24.3 Å². The maximum atomic E-state index is 13.6. The zero-order valence-corrected chi connectivity index (χ0v) is 12.3. The topological polar surface area (TPSA) is 20.3 Å². The first kappa shape index (κ1) is 15.2. The van der Waals surface area contributed by atoms with Gasteiger partial charge < -0.3 is 4.90 Å². The highest BCUT2D eigenvalue weighted by Gasteiger charge is 2.21. The van der Waals surface area contributed by atoms with Crippen LogP contribution in [-0.2, 0) is 0 Å². The third-order valence-electron chi connectivity index (χ3n) is 4.30. The molecule has 0 radical (unpaired) electrons. The van der Waals surface area contributed by atoms with Crippen LogP contribution in [0.3, 0.4) is 0 Å². The number of rotatable bonds is 6. The predicted octanol–water partition coefficient (Wildman–Crippen LogP) is 4.05. The van der Waals surface area contributed by atoms with Crippen molar-refractivity contribution in [3.63, 3.8) is 0 Å². The van der Waals surface area contributed by atoms with E-state index >= 15 is 0 Å². The van der Waals surface area contributed by atoms with Crippen LogP contribution in [-0.4, -0.2) is 29.8 Å². The maximum Gasteiger partial charge on any atom is 0.167 e. The smallest absolute Gasteiger partial charge is 0.167 e.